The van der Waals surface area contributed by atoms with Crippen molar-refractivity contribution in [1.82, 2.24) is 4.90 Å². The first-order valence-electron chi connectivity index (χ1n) is 8.75. The maximum absolute atomic E-state index is 12.5. The molecule has 0 unspecified atom stereocenters. The molecule has 1 amide bonds. The van der Waals surface area contributed by atoms with Crippen LogP contribution in [0.5, 0.6) is 11.5 Å². The van der Waals surface area contributed by atoms with Gasteiger partial charge in [0, 0.05) is 6.54 Å². The molecule has 4 nitrogen and oxygen atoms in total. The highest BCUT2D eigenvalue weighted by Gasteiger charge is 2.31. The second-order valence-electron chi connectivity index (χ2n) is 5.67. The molecule has 2 rings (SSSR count). The Kier molecular flexibility index (Phi) is 7.78. The van der Waals surface area contributed by atoms with Crippen LogP contribution in [0, 0.1) is 0 Å². The van der Waals surface area contributed by atoms with Gasteiger partial charge in [0.25, 0.3) is 5.91 Å². The summed E-state index contributed by atoms with van der Waals surface area (Å²) in [5.41, 5.74) is 0.906. The molecule has 6 heteroatoms. The summed E-state index contributed by atoms with van der Waals surface area (Å²) < 4.78 is 12.0. The summed E-state index contributed by atoms with van der Waals surface area (Å²) in [6.45, 7) is 8.00. The molecule has 1 heterocycles. The Morgan fingerprint density at radius 1 is 1.16 bits per heavy atom. The fraction of sp³-hybridized carbons (Fsp3) is 0.474. The normalized spacial score (nSPS) is 16.0. The molecule has 1 aromatic rings. The van der Waals surface area contributed by atoms with Crippen LogP contribution in [0.4, 0.5) is 0 Å². The molecule has 1 saturated heterocycles. The number of rotatable bonds is 9. The highest BCUT2D eigenvalue weighted by Crippen LogP contribution is 2.35. The topological polar surface area (TPSA) is 38.8 Å². The van der Waals surface area contributed by atoms with Crippen LogP contribution in [-0.2, 0) is 4.79 Å². The molecule has 0 N–H and O–H groups in total. The fourth-order valence-corrected chi connectivity index (χ4v) is 3.68. The summed E-state index contributed by atoms with van der Waals surface area (Å²) in [5, 5.41) is 0. The minimum absolute atomic E-state index is 0.00674. The van der Waals surface area contributed by atoms with Gasteiger partial charge in [0.1, 0.15) is 4.32 Å². The zero-order chi connectivity index (χ0) is 18.2. The zero-order valence-electron chi connectivity index (χ0n) is 15.0. The first kappa shape index (κ1) is 19.8. The van der Waals surface area contributed by atoms with Crippen LogP contribution in [0.1, 0.15) is 45.6 Å². The van der Waals surface area contributed by atoms with Crippen molar-refractivity contribution in [2.24, 2.45) is 0 Å². The van der Waals surface area contributed by atoms with E-state index in [1.54, 1.807) is 4.90 Å². The molecular formula is C19H25NO3S2. The summed E-state index contributed by atoms with van der Waals surface area (Å²) >= 11 is 6.70. The molecule has 0 aliphatic carbocycles. The Labute approximate surface area is 159 Å². The van der Waals surface area contributed by atoms with E-state index in [-0.39, 0.29) is 5.91 Å². The van der Waals surface area contributed by atoms with Crippen LogP contribution in [-0.4, -0.2) is 34.9 Å². The summed E-state index contributed by atoms with van der Waals surface area (Å²) in [6, 6.07) is 5.74. The number of hydrogen-bond acceptors (Lipinski definition) is 5. The minimum Gasteiger partial charge on any atom is -0.490 e. The number of nitrogens with zero attached hydrogens (tertiary/aromatic N) is 1. The highest BCUT2D eigenvalue weighted by atomic mass is 32.2. The van der Waals surface area contributed by atoms with E-state index in [2.05, 4.69) is 13.8 Å². The monoisotopic (exact) mass is 379 g/mol. The number of hydrogen-bond donors (Lipinski definition) is 0. The van der Waals surface area contributed by atoms with Gasteiger partial charge in [-0.25, -0.2) is 0 Å². The third-order valence-corrected chi connectivity index (χ3v) is 5.01. The van der Waals surface area contributed by atoms with Crippen molar-refractivity contribution in [3.8, 4) is 11.5 Å². The largest absolute Gasteiger partial charge is 0.490 e. The van der Waals surface area contributed by atoms with Gasteiger partial charge in [-0.2, -0.15) is 0 Å². The molecule has 0 atom stereocenters. The molecule has 0 bridgehead atoms. The number of amides is 1. The van der Waals surface area contributed by atoms with Crippen molar-refractivity contribution < 1.29 is 14.3 Å². The van der Waals surface area contributed by atoms with Crippen molar-refractivity contribution in [2.75, 3.05) is 19.8 Å². The van der Waals surface area contributed by atoms with Crippen molar-refractivity contribution in [3.05, 3.63) is 28.7 Å². The number of carbonyl (C=O) groups excluding carboxylic acids is 1. The van der Waals surface area contributed by atoms with Gasteiger partial charge in [0.2, 0.25) is 0 Å². The van der Waals surface area contributed by atoms with E-state index < -0.39 is 0 Å². The lowest BCUT2D eigenvalue weighted by Gasteiger charge is -2.13. The van der Waals surface area contributed by atoms with Crippen molar-refractivity contribution in [1.29, 1.82) is 0 Å². The number of carbonyl (C=O) groups is 1. The fourth-order valence-electron chi connectivity index (χ4n) is 2.37. The smallest absolute Gasteiger partial charge is 0.266 e. The number of thiocarbonyl (C=S) groups is 1. The molecule has 0 spiro atoms. The average molecular weight is 380 g/mol. The van der Waals surface area contributed by atoms with Gasteiger partial charge in [0.15, 0.2) is 11.5 Å². The van der Waals surface area contributed by atoms with Crippen molar-refractivity contribution in [3.63, 3.8) is 0 Å². The first-order chi connectivity index (χ1) is 12.1. The van der Waals surface area contributed by atoms with E-state index in [4.69, 9.17) is 21.7 Å². The maximum Gasteiger partial charge on any atom is 0.266 e. The maximum atomic E-state index is 12.5. The SMILES string of the molecule is CCCCN1C(=O)C(=Cc2ccc(OCCC)c(OCC)c2)SC1=S. The third-order valence-electron chi connectivity index (χ3n) is 3.64. The number of benzene rings is 1. The Morgan fingerprint density at radius 2 is 1.96 bits per heavy atom. The van der Waals surface area contributed by atoms with E-state index in [1.807, 2.05) is 31.2 Å². The van der Waals surface area contributed by atoms with E-state index in [1.165, 1.54) is 11.8 Å². The lowest BCUT2D eigenvalue weighted by atomic mass is 10.2. The van der Waals surface area contributed by atoms with Crippen LogP contribution >= 0.6 is 24.0 Å². The zero-order valence-corrected chi connectivity index (χ0v) is 16.7. The molecular weight excluding hydrogens is 354 g/mol. The Hall–Kier alpha value is -1.53. The third kappa shape index (κ3) is 5.22. The average Bonchev–Trinajstić information content (AvgIpc) is 2.86. The second kappa shape index (κ2) is 9.82. The summed E-state index contributed by atoms with van der Waals surface area (Å²) in [4.78, 5) is 14.9. The number of ether oxygens (including phenoxy) is 2. The number of unbranched alkanes of at least 4 members (excludes halogenated alkanes) is 1. The van der Waals surface area contributed by atoms with Gasteiger partial charge in [-0.1, -0.05) is 50.3 Å². The molecule has 0 radical (unpaired) electrons. The molecule has 0 saturated carbocycles. The van der Waals surface area contributed by atoms with E-state index >= 15 is 0 Å². The molecule has 1 fully saturated rings. The van der Waals surface area contributed by atoms with Gasteiger partial charge in [-0.3, -0.25) is 9.69 Å². The van der Waals surface area contributed by atoms with E-state index in [0.717, 1.165) is 30.6 Å². The Bertz CT molecular complexity index is 658. The Morgan fingerprint density at radius 3 is 2.64 bits per heavy atom. The highest BCUT2D eigenvalue weighted by molar-refractivity contribution is 8.26. The van der Waals surface area contributed by atoms with Gasteiger partial charge in [0.05, 0.1) is 18.1 Å². The van der Waals surface area contributed by atoms with Crippen LogP contribution in [0.15, 0.2) is 23.1 Å². The summed E-state index contributed by atoms with van der Waals surface area (Å²) in [7, 11) is 0. The molecule has 136 valence electrons. The Balaban J connectivity index is 2.21. The quantitative estimate of drug-likeness (QED) is 0.452. The van der Waals surface area contributed by atoms with Crippen LogP contribution in [0.2, 0.25) is 0 Å². The van der Waals surface area contributed by atoms with Crippen molar-refractivity contribution >= 4 is 40.3 Å². The lowest BCUT2D eigenvalue weighted by molar-refractivity contribution is -0.122. The predicted octanol–water partition coefficient (Wildman–Crippen LogP) is 4.88. The van der Waals surface area contributed by atoms with Gasteiger partial charge in [-0.05, 0) is 43.5 Å². The standard InChI is InChI=1S/C19H25NO3S2/c1-4-7-10-20-18(21)17(25-19(20)24)13-14-8-9-15(23-11-5-2)16(12-14)22-6-3/h8-9,12-13H,4-7,10-11H2,1-3H3. The molecule has 1 aromatic carbocycles. The first-order valence-corrected chi connectivity index (χ1v) is 9.98. The van der Waals surface area contributed by atoms with Gasteiger partial charge in [-0.15, -0.1) is 0 Å². The summed E-state index contributed by atoms with van der Waals surface area (Å²) in [6.07, 6.45) is 4.80. The van der Waals surface area contributed by atoms with E-state index in [0.29, 0.717) is 34.7 Å². The van der Waals surface area contributed by atoms with Crippen LogP contribution < -0.4 is 9.47 Å². The molecule has 1 aliphatic heterocycles. The molecule has 1 aliphatic rings. The predicted molar refractivity (Wildman–Crippen MR) is 108 cm³/mol. The van der Waals surface area contributed by atoms with Gasteiger partial charge >= 0.3 is 0 Å². The van der Waals surface area contributed by atoms with Crippen LogP contribution in [0.3, 0.4) is 0 Å². The van der Waals surface area contributed by atoms with E-state index in [9.17, 15) is 4.79 Å². The van der Waals surface area contributed by atoms with Crippen LogP contribution in [0.25, 0.3) is 6.08 Å². The van der Waals surface area contributed by atoms with Gasteiger partial charge < -0.3 is 9.47 Å². The minimum atomic E-state index is -0.00674. The number of thioether (sulfide) groups is 1. The lowest BCUT2D eigenvalue weighted by Crippen LogP contribution is -2.28. The second-order valence-corrected chi connectivity index (χ2v) is 7.35. The molecule has 25 heavy (non-hydrogen) atoms. The van der Waals surface area contributed by atoms with Crippen molar-refractivity contribution in [2.45, 2.75) is 40.0 Å². The molecule has 0 aromatic heterocycles. The summed E-state index contributed by atoms with van der Waals surface area (Å²) in [5.74, 6) is 1.43.